The zero-order chi connectivity index (χ0) is 24.7. The summed E-state index contributed by atoms with van der Waals surface area (Å²) in [6.45, 7) is 5.12. The first-order valence-corrected chi connectivity index (χ1v) is 11.4. The van der Waals surface area contributed by atoms with Crippen LogP contribution in [0.4, 0.5) is 5.69 Å². The number of aryl methyl sites for hydroxylation is 1. The molecule has 1 aromatic carbocycles. The van der Waals surface area contributed by atoms with Crippen LogP contribution in [0.15, 0.2) is 47.9 Å². The first kappa shape index (κ1) is 24.8. The van der Waals surface area contributed by atoms with E-state index in [1.54, 1.807) is 45.3 Å². The van der Waals surface area contributed by atoms with Crippen LogP contribution in [0.2, 0.25) is 0 Å². The highest BCUT2D eigenvalue weighted by Crippen LogP contribution is 2.36. The Labute approximate surface area is 199 Å². The largest absolute Gasteiger partial charge is 0.462 e. The Hall–Kier alpha value is -3.86. The number of nitro groups is 1. The van der Waals surface area contributed by atoms with Crippen LogP contribution in [0.5, 0.6) is 0 Å². The number of benzene rings is 1. The smallest absolute Gasteiger partial charge is 0.340 e. The highest BCUT2D eigenvalue weighted by Gasteiger charge is 2.30. The predicted molar refractivity (Wildman–Crippen MR) is 125 cm³/mol. The average molecular weight is 483 g/mol. The molecule has 11 heteroatoms. The van der Waals surface area contributed by atoms with Crippen LogP contribution in [0, 0.1) is 17.0 Å². The highest BCUT2D eigenvalue weighted by atomic mass is 32.2. The molecule has 0 aliphatic heterocycles. The first-order valence-electron chi connectivity index (χ1n) is 10.4. The van der Waals surface area contributed by atoms with Gasteiger partial charge in [0, 0.05) is 35.8 Å². The molecule has 2 heterocycles. The molecule has 0 unspecified atom stereocenters. The maximum atomic E-state index is 13.1. The molecule has 0 saturated heterocycles. The van der Waals surface area contributed by atoms with Gasteiger partial charge in [0.05, 0.1) is 40.7 Å². The maximum Gasteiger partial charge on any atom is 0.340 e. The molecule has 2 aromatic heterocycles. The number of carbonyl (C=O) groups excluding carboxylic acids is 2. The van der Waals surface area contributed by atoms with E-state index in [2.05, 4.69) is 15.0 Å². The van der Waals surface area contributed by atoms with Gasteiger partial charge in [0.25, 0.3) is 5.69 Å². The average Bonchev–Trinajstić information content (AvgIpc) is 2.83. The lowest BCUT2D eigenvalue weighted by Gasteiger charge is -2.19. The summed E-state index contributed by atoms with van der Waals surface area (Å²) in [7, 11) is 0. The van der Waals surface area contributed by atoms with Crippen LogP contribution in [-0.4, -0.2) is 45.0 Å². The molecule has 3 rings (SSSR count). The van der Waals surface area contributed by atoms with Crippen LogP contribution in [-0.2, 0) is 15.2 Å². The molecule has 0 bridgehead atoms. The molecule has 34 heavy (non-hydrogen) atoms. The van der Waals surface area contributed by atoms with Crippen molar-refractivity contribution in [3.8, 4) is 11.1 Å². The third-order valence-corrected chi connectivity index (χ3v) is 5.52. The maximum absolute atomic E-state index is 13.1. The van der Waals surface area contributed by atoms with Crippen molar-refractivity contribution in [3.05, 3.63) is 75.4 Å². The Balaban J connectivity index is 2.29. The van der Waals surface area contributed by atoms with Gasteiger partial charge in [-0.15, -0.1) is 0 Å². The number of rotatable bonds is 9. The van der Waals surface area contributed by atoms with E-state index < -0.39 is 16.9 Å². The zero-order valence-corrected chi connectivity index (χ0v) is 19.6. The number of hydrogen-bond donors (Lipinski definition) is 0. The minimum absolute atomic E-state index is 0.0411. The summed E-state index contributed by atoms with van der Waals surface area (Å²) in [4.78, 5) is 49.8. The molecule has 0 aliphatic rings. The van der Waals surface area contributed by atoms with E-state index in [-0.39, 0.29) is 41.3 Å². The summed E-state index contributed by atoms with van der Waals surface area (Å²) in [6.07, 6.45) is 3.19. The van der Waals surface area contributed by atoms with Crippen molar-refractivity contribution in [3.63, 3.8) is 0 Å². The third-order valence-electron chi connectivity index (χ3n) is 4.64. The number of esters is 2. The summed E-state index contributed by atoms with van der Waals surface area (Å²) >= 11 is 1.25. The summed E-state index contributed by atoms with van der Waals surface area (Å²) in [5.41, 5.74) is 1.03. The predicted octanol–water partition coefficient (Wildman–Crippen LogP) is 4.40. The molecule has 176 valence electrons. The van der Waals surface area contributed by atoms with E-state index >= 15 is 0 Å². The fourth-order valence-electron chi connectivity index (χ4n) is 3.30. The Morgan fingerprint density at radius 1 is 1.03 bits per heavy atom. The lowest BCUT2D eigenvalue weighted by atomic mass is 9.92. The van der Waals surface area contributed by atoms with E-state index in [1.165, 1.54) is 30.0 Å². The van der Waals surface area contributed by atoms with E-state index in [9.17, 15) is 19.7 Å². The van der Waals surface area contributed by atoms with E-state index in [1.807, 2.05) is 0 Å². The monoisotopic (exact) mass is 482 g/mol. The molecule has 0 aliphatic carbocycles. The standard InChI is InChI=1S/C23H22N4O6S/c1-4-32-21(28)18-14(3)26-17(13-34-23-24-10-7-11-25-23)20(22(29)33-5-2)19(18)15-8-6-9-16(12-15)27(30)31/h6-12H,4-5,13H2,1-3H3. The third kappa shape index (κ3) is 5.54. The molecule has 0 N–H and O–H groups in total. The van der Waals surface area contributed by atoms with E-state index in [0.29, 0.717) is 22.1 Å². The second kappa shape index (κ2) is 11.3. The number of aromatic nitrogens is 3. The van der Waals surface area contributed by atoms with Crippen LogP contribution < -0.4 is 0 Å². The van der Waals surface area contributed by atoms with Crippen molar-refractivity contribution < 1.29 is 24.0 Å². The molecule has 0 radical (unpaired) electrons. The van der Waals surface area contributed by atoms with Crippen molar-refractivity contribution in [2.24, 2.45) is 0 Å². The molecular formula is C23H22N4O6S. The van der Waals surface area contributed by atoms with Crippen LogP contribution in [0.1, 0.15) is 46.0 Å². The number of hydrogen-bond acceptors (Lipinski definition) is 10. The second-order valence-electron chi connectivity index (χ2n) is 6.84. The van der Waals surface area contributed by atoms with Crippen molar-refractivity contribution >= 4 is 29.4 Å². The van der Waals surface area contributed by atoms with E-state index in [0.717, 1.165) is 0 Å². The van der Waals surface area contributed by atoms with Gasteiger partial charge in [0.2, 0.25) is 0 Å². The van der Waals surface area contributed by atoms with Gasteiger partial charge in [-0.25, -0.2) is 19.6 Å². The van der Waals surface area contributed by atoms with E-state index in [4.69, 9.17) is 9.47 Å². The lowest BCUT2D eigenvalue weighted by molar-refractivity contribution is -0.384. The van der Waals surface area contributed by atoms with Gasteiger partial charge in [-0.2, -0.15) is 0 Å². The van der Waals surface area contributed by atoms with Gasteiger partial charge >= 0.3 is 11.9 Å². The summed E-state index contributed by atoms with van der Waals surface area (Å²) < 4.78 is 10.5. The molecule has 0 amide bonds. The van der Waals surface area contributed by atoms with Gasteiger partial charge in [-0.1, -0.05) is 23.9 Å². The van der Waals surface area contributed by atoms with Gasteiger partial charge in [0.1, 0.15) is 0 Å². The van der Waals surface area contributed by atoms with Crippen molar-refractivity contribution in [2.45, 2.75) is 31.7 Å². The topological polar surface area (TPSA) is 134 Å². The Bertz CT molecular complexity index is 1220. The van der Waals surface area contributed by atoms with Crippen LogP contribution in [0.25, 0.3) is 11.1 Å². The molecule has 0 atom stereocenters. The SMILES string of the molecule is CCOC(=O)c1c(C)nc(CSc2ncccn2)c(C(=O)OCC)c1-c1cccc([N+](=O)[O-])c1. The quantitative estimate of drug-likeness (QED) is 0.142. The Kier molecular flexibility index (Phi) is 8.25. The Morgan fingerprint density at radius 3 is 2.29 bits per heavy atom. The normalized spacial score (nSPS) is 10.6. The number of nitrogens with zero attached hydrogens (tertiary/aromatic N) is 4. The van der Waals surface area contributed by atoms with Crippen molar-refractivity contribution in [2.75, 3.05) is 13.2 Å². The Morgan fingerprint density at radius 2 is 1.68 bits per heavy atom. The number of pyridine rings is 1. The van der Waals surface area contributed by atoms with Gasteiger partial charge in [0.15, 0.2) is 5.16 Å². The fraction of sp³-hybridized carbons (Fsp3) is 0.261. The van der Waals surface area contributed by atoms with Crippen molar-refractivity contribution in [1.29, 1.82) is 0 Å². The molecule has 10 nitrogen and oxygen atoms in total. The zero-order valence-electron chi connectivity index (χ0n) is 18.8. The summed E-state index contributed by atoms with van der Waals surface area (Å²) in [5, 5.41) is 11.9. The minimum atomic E-state index is -0.702. The fourth-order valence-corrected chi connectivity index (χ4v) is 4.05. The molecular weight excluding hydrogens is 460 g/mol. The summed E-state index contributed by atoms with van der Waals surface area (Å²) in [6, 6.07) is 7.39. The number of ether oxygens (including phenoxy) is 2. The highest BCUT2D eigenvalue weighted by molar-refractivity contribution is 7.98. The first-order chi connectivity index (χ1) is 16.4. The number of carbonyl (C=O) groups is 2. The van der Waals surface area contributed by atoms with Gasteiger partial charge in [-0.05, 0) is 32.4 Å². The second-order valence-corrected chi connectivity index (χ2v) is 7.78. The number of non-ortho nitro benzene ring substituents is 1. The number of thioether (sulfide) groups is 1. The molecule has 0 spiro atoms. The van der Waals surface area contributed by atoms with Crippen molar-refractivity contribution in [1.82, 2.24) is 15.0 Å². The van der Waals surface area contributed by atoms with Gasteiger partial charge < -0.3 is 9.47 Å². The molecule has 0 saturated carbocycles. The number of nitro benzene ring substituents is 1. The summed E-state index contributed by atoms with van der Waals surface area (Å²) in [5.74, 6) is -1.19. The van der Waals surface area contributed by atoms with Gasteiger partial charge in [-0.3, -0.25) is 15.1 Å². The minimum Gasteiger partial charge on any atom is -0.462 e. The molecule has 3 aromatic rings. The van der Waals surface area contributed by atoms with Crippen LogP contribution >= 0.6 is 11.8 Å². The van der Waals surface area contributed by atoms with Crippen LogP contribution in [0.3, 0.4) is 0 Å². The lowest BCUT2D eigenvalue weighted by Crippen LogP contribution is -2.18. The molecule has 0 fully saturated rings.